The number of H-pyrrole nitrogens is 1. The first-order valence-corrected chi connectivity index (χ1v) is 9.80. The van der Waals surface area contributed by atoms with Crippen LogP contribution in [0.15, 0.2) is 49.2 Å². The van der Waals surface area contributed by atoms with Crippen LogP contribution in [0.4, 0.5) is 5.82 Å². The van der Waals surface area contributed by atoms with Crippen molar-refractivity contribution >= 4 is 46.0 Å². The second-order valence-electron chi connectivity index (χ2n) is 6.67. The fraction of sp³-hybridized carbons (Fsp3) is 0.150. The van der Waals surface area contributed by atoms with Crippen LogP contribution in [0.25, 0.3) is 22.3 Å². The lowest BCUT2D eigenvalue weighted by Gasteiger charge is -2.28. The maximum atomic E-state index is 12.0. The minimum absolute atomic E-state index is 0.288. The number of aromatic nitrogens is 5. The number of carbonyl (C=O) groups is 1. The van der Waals surface area contributed by atoms with Crippen LogP contribution in [0.5, 0.6) is 0 Å². The van der Waals surface area contributed by atoms with Crippen LogP contribution in [0.2, 0.25) is 10.2 Å². The van der Waals surface area contributed by atoms with Crippen molar-refractivity contribution in [3.05, 3.63) is 64.9 Å². The highest BCUT2D eigenvalue weighted by Gasteiger charge is 2.23. The van der Waals surface area contributed by atoms with E-state index >= 15 is 0 Å². The molecule has 4 rings (SSSR count). The Morgan fingerprint density at radius 1 is 1.27 bits per heavy atom. The molecule has 3 N–H and O–H groups in total. The fourth-order valence-electron chi connectivity index (χ4n) is 3.10. The fourth-order valence-corrected chi connectivity index (χ4v) is 3.44. The highest BCUT2D eigenvalue weighted by molar-refractivity contribution is 6.31. The van der Waals surface area contributed by atoms with Crippen LogP contribution in [0.3, 0.4) is 0 Å². The van der Waals surface area contributed by atoms with Crippen molar-refractivity contribution in [2.45, 2.75) is 19.5 Å². The van der Waals surface area contributed by atoms with Crippen LogP contribution in [-0.2, 0) is 11.3 Å². The Hall–Kier alpha value is -3.23. The summed E-state index contributed by atoms with van der Waals surface area (Å²) in [7, 11) is 0. The molecule has 8 nitrogen and oxygen atoms in total. The predicted molar refractivity (Wildman–Crippen MR) is 116 cm³/mol. The van der Waals surface area contributed by atoms with Gasteiger partial charge in [-0.15, -0.1) is 0 Å². The first kappa shape index (κ1) is 20.1. The Morgan fingerprint density at radius 2 is 2.10 bits per heavy atom. The molecular formula is C20H17Cl2N7O. The van der Waals surface area contributed by atoms with Crippen LogP contribution in [0.1, 0.15) is 12.5 Å². The van der Waals surface area contributed by atoms with E-state index in [1.54, 1.807) is 48.9 Å². The minimum Gasteiger partial charge on any atom is -0.368 e. The molecule has 1 atom stereocenters. The van der Waals surface area contributed by atoms with Crippen molar-refractivity contribution in [1.82, 2.24) is 24.9 Å². The summed E-state index contributed by atoms with van der Waals surface area (Å²) in [5.74, 6) is -0.0200. The van der Waals surface area contributed by atoms with Crippen molar-refractivity contribution < 1.29 is 4.79 Å². The standard InChI is InChI=1S/C20H17Cl2N7O/c1-11(19(23)30)29(10-12-3-2-4-25-18(12)22)17-9-24-8-16(28-17)15-7-27-20-14(15)5-13(21)6-26-20/h2-9,11H,10H2,1H3,(H2,23,30)(H,26,27)/t11-/m1/s1. The highest BCUT2D eigenvalue weighted by Crippen LogP contribution is 2.29. The molecule has 0 aromatic carbocycles. The molecule has 30 heavy (non-hydrogen) atoms. The van der Waals surface area contributed by atoms with Gasteiger partial charge in [0, 0.05) is 41.6 Å². The average molecular weight is 442 g/mol. The Balaban J connectivity index is 1.77. The summed E-state index contributed by atoms with van der Waals surface area (Å²) < 4.78 is 0. The van der Waals surface area contributed by atoms with Crippen molar-refractivity contribution in [3.63, 3.8) is 0 Å². The van der Waals surface area contributed by atoms with Crippen molar-refractivity contribution in [3.8, 4) is 11.3 Å². The largest absolute Gasteiger partial charge is 0.368 e. The molecule has 1 amide bonds. The number of amides is 1. The average Bonchev–Trinajstić information content (AvgIpc) is 3.15. The summed E-state index contributed by atoms with van der Waals surface area (Å²) in [6, 6.07) is 4.77. The van der Waals surface area contributed by atoms with E-state index in [0.717, 1.165) is 16.5 Å². The van der Waals surface area contributed by atoms with Gasteiger partial charge in [-0.1, -0.05) is 29.3 Å². The number of fused-ring (bicyclic) bond motifs is 1. The molecule has 0 fully saturated rings. The number of primary amides is 1. The number of nitrogens with two attached hydrogens (primary N) is 1. The number of anilines is 1. The number of halogens is 2. The lowest BCUT2D eigenvalue weighted by molar-refractivity contribution is -0.119. The smallest absolute Gasteiger partial charge is 0.239 e. The maximum Gasteiger partial charge on any atom is 0.239 e. The van der Waals surface area contributed by atoms with E-state index < -0.39 is 11.9 Å². The molecule has 152 valence electrons. The number of nitrogens with one attached hydrogen (secondary N) is 1. The van der Waals surface area contributed by atoms with Crippen molar-refractivity contribution in [2.24, 2.45) is 5.73 Å². The molecule has 0 spiro atoms. The van der Waals surface area contributed by atoms with Gasteiger partial charge in [0.05, 0.1) is 23.1 Å². The topological polar surface area (TPSA) is 114 Å². The molecule has 0 aliphatic heterocycles. The molecule has 10 heteroatoms. The second-order valence-corrected chi connectivity index (χ2v) is 7.47. The van der Waals surface area contributed by atoms with Crippen molar-refractivity contribution in [2.75, 3.05) is 4.90 Å². The number of carbonyl (C=O) groups excluding carboxylic acids is 1. The number of nitrogens with zero attached hydrogens (tertiary/aromatic N) is 5. The minimum atomic E-state index is -0.648. The van der Waals surface area contributed by atoms with E-state index in [0.29, 0.717) is 27.3 Å². The lowest BCUT2D eigenvalue weighted by atomic mass is 10.1. The molecule has 4 aromatic heterocycles. The van der Waals surface area contributed by atoms with E-state index in [2.05, 4.69) is 19.9 Å². The summed E-state index contributed by atoms with van der Waals surface area (Å²) in [6.45, 7) is 1.99. The monoisotopic (exact) mass is 441 g/mol. The molecule has 0 aliphatic rings. The molecule has 0 saturated carbocycles. The molecule has 0 aliphatic carbocycles. The zero-order chi connectivity index (χ0) is 21.3. The first-order valence-electron chi connectivity index (χ1n) is 9.04. The molecule has 4 heterocycles. The van der Waals surface area contributed by atoms with Gasteiger partial charge >= 0.3 is 0 Å². The van der Waals surface area contributed by atoms with Gasteiger partial charge in [-0.25, -0.2) is 15.0 Å². The van der Waals surface area contributed by atoms with Crippen LogP contribution >= 0.6 is 23.2 Å². The van der Waals surface area contributed by atoms with Gasteiger partial charge in [0.25, 0.3) is 0 Å². The number of hydrogen-bond acceptors (Lipinski definition) is 6. The van der Waals surface area contributed by atoms with Gasteiger partial charge in [-0.05, 0) is 19.1 Å². The highest BCUT2D eigenvalue weighted by atomic mass is 35.5. The SMILES string of the molecule is C[C@H](C(N)=O)N(Cc1cccnc1Cl)c1cncc(-c2c[nH]c3ncc(Cl)cc23)n1. The van der Waals surface area contributed by atoms with Gasteiger partial charge in [-0.2, -0.15) is 0 Å². The lowest BCUT2D eigenvalue weighted by Crippen LogP contribution is -2.43. The summed E-state index contributed by atoms with van der Waals surface area (Å²) >= 11 is 12.3. The van der Waals surface area contributed by atoms with E-state index in [-0.39, 0.29) is 6.54 Å². The number of rotatable bonds is 6. The van der Waals surface area contributed by atoms with Gasteiger partial charge < -0.3 is 15.6 Å². The van der Waals surface area contributed by atoms with Gasteiger partial charge in [0.2, 0.25) is 5.91 Å². The van der Waals surface area contributed by atoms with Crippen LogP contribution in [0, 0.1) is 0 Å². The number of hydrogen-bond donors (Lipinski definition) is 2. The summed E-state index contributed by atoms with van der Waals surface area (Å²) in [5, 5.41) is 1.68. The molecule has 0 radical (unpaired) electrons. The van der Waals surface area contributed by atoms with Crippen molar-refractivity contribution in [1.29, 1.82) is 0 Å². The van der Waals surface area contributed by atoms with Gasteiger partial charge in [-0.3, -0.25) is 9.78 Å². The first-order chi connectivity index (χ1) is 14.4. The molecule has 4 aromatic rings. The van der Waals surface area contributed by atoms with E-state index in [1.807, 2.05) is 12.1 Å². The quantitative estimate of drug-likeness (QED) is 0.441. The normalized spacial score (nSPS) is 12.1. The second kappa shape index (κ2) is 8.25. The maximum absolute atomic E-state index is 12.0. The summed E-state index contributed by atoms with van der Waals surface area (Å²) in [4.78, 5) is 34.2. The Kier molecular flexibility index (Phi) is 5.52. The van der Waals surface area contributed by atoms with E-state index in [9.17, 15) is 4.79 Å². The van der Waals surface area contributed by atoms with E-state index in [4.69, 9.17) is 33.9 Å². The molecular weight excluding hydrogens is 425 g/mol. The number of pyridine rings is 2. The number of aromatic amines is 1. The Labute approximate surface area is 182 Å². The summed E-state index contributed by atoms with van der Waals surface area (Å²) in [5.41, 5.74) is 8.40. The molecule has 0 unspecified atom stereocenters. The third kappa shape index (κ3) is 3.92. The predicted octanol–water partition coefficient (Wildman–Crippen LogP) is 3.60. The zero-order valence-corrected chi connectivity index (χ0v) is 17.4. The third-order valence-corrected chi connectivity index (χ3v) is 5.29. The van der Waals surface area contributed by atoms with Crippen LogP contribution < -0.4 is 10.6 Å². The summed E-state index contributed by atoms with van der Waals surface area (Å²) in [6.07, 6.45) is 8.18. The van der Waals surface area contributed by atoms with Gasteiger partial charge in [0.15, 0.2) is 0 Å². The van der Waals surface area contributed by atoms with E-state index in [1.165, 1.54) is 0 Å². The zero-order valence-electron chi connectivity index (χ0n) is 15.9. The Bertz CT molecular complexity index is 1230. The van der Waals surface area contributed by atoms with Gasteiger partial charge in [0.1, 0.15) is 22.7 Å². The molecule has 0 bridgehead atoms. The van der Waals surface area contributed by atoms with Crippen LogP contribution in [-0.4, -0.2) is 36.9 Å². The molecule has 0 saturated heterocycles. The Morgan fingerprint density at radius 3 is 2.87 bits per heavy atom. The third-order valence-electron chi connectivity index (χ3n) is 4.75.